The molecule has 4 heterocycles. The van der Waals surface area contributed by atoms with Crippen molar-refractivity contribution < 1.29 is 12.8 Å². The Bertz CT molecular complexity index is 781. The van der Waals surface area contributed by atoms with Crippen LogP contribution in [-0.2, 0) is 16.6 Å². The van der Waals surface area contributed by atoms with Crippen molar-refractivity contribution in [1.29, 1.82) is 0 Å². The van der Waals surface area contributed by atoms with Gasteiger partial charge in [0.2, 0.25) is 10.0 Å². The van der Waals surface area contributed by atoms with E-state index < -0.39 is 10.0 Å². The van der Waals surface area contributed by atoms with E-state index in [4.69, 9.17) is 4.42 Å². The van der Waals surface area contributed by atoms with Crippen molar-refractivity contribution >= 4 is 21.0 Å². The van der Waals surface area contributed by atoms with Gasteiger partial charge in [0.25, 0.3) is 0 Å². The van der Waals surface area contributed by atoms with Gasteiger partial charge in [-0.1, -0.05) is 18.2 Å². The molecule has 0 aliphatic carbocycles. The van der Waals surface area contributed by atoms with Gasteiger partial charge < -0.3 is 4.42 Å². The van der Waals surface area contributed by atoms with Crippen LogP contribution in [0, 0.1) is 5.92 Å². The summed E-state index contributed by atoms with van der Waals surface area (Å²) < 4.78 is 31.5. The molecule has 6 heteroatoms. The van der Waals surface area contributed by atoms with Gasteiger partial charge in [0.15, 0.2) is 0 Å². The lowest BCUT2D eigenvalue weighted by atomic mass is 9.95. The highest BCUT2D eigenvalue weighted by atomic mass is 32.2. The Morgan fingerprint density at radius 3 is 2.78 bits per heavy atom. The van der Waals surface area contributed by atoms with Gasteiger partial charge in [0, 0.05) is 31.1 Å². The number of hydrogen-bond acceptors (Lipinski definition) is 4. The summed E-state index contributed by atoms with van der Waals surface area (Å²) in [6.45, 7) is 2.97. The van der Waals surface area contributed by atoms with Gasteiger partial charge in [0.1, 0.15) is 11.3 Å². The highest BCUT2D eigenvalue weighted by Gasteiger charge is 2.37. The molecule has 3 aliphatic heterocycles. The number of fused-ring (bicyclic) bond motifs is 5. The van der Waals surface area contributed by atoms with Crippen LogP contribution in [0.5, 0.6) is 0 Å². The number of sulfonamides is 1. The molecule has 0 saturated carbocycles. The standard InChI is InChI=1S/C17H22N2O3S/c1-23(20,21)19-10-13-6-7-15(11-19)18(9-13)12-16-8-14-4-2-3-5-17(14)22-16/h2-5,8,13,15H,6-7,9-12H2,1H3/t13-,15-/m0/s1. The third-order valence-electron chi connectivity index (χ3n) is 5.10. The van der Waals surface area contributed by atoms with Gasteiger partial charge >= 0.3 is 0 Å². The molecule has 2 atom stereocenters. The minimum atomic E-state index is -3.11. The van der Waals surface area contributed by atoms with Crippen molar-refractivity contribution in [2.24, 2.45) is 5.92 Å². The molecule has 0 radical (unpaired) electrons. The number of nitrogens with zero attached hydrogens (tertiary/aromatic N) is 2. The summed E-state index contributed by atoms with van der Waals surface area (Å²) >= 11 is 0. The van der Waals surface area contributed by atoms with Crippen LogP contribution >= 0.6 is 0 Å². The van der Waals surface area contributed by atoms with Gasteiger partial charge in [-0.3, -0.25) is 4.90 Å². The maximum atomic E-state index is 11.9. The van der Waals surface area contributed by atoms with Crippen molar-refractivity contribution in [3.8, 4) is 0 Å². The first-order chi connectivity index (χ1) is 11.0. The molecule has 3 saturated heterocycles. The number of furan rings is 1. The van der Waals surface area contributed by atoms with E-state index in [1.54, 1.807) is 4.31 Å². The lowest BCUT2D eigenvalue weighted by Crippen LogP contribution is -2.43. The van der Waals surface area contributed by atoms with Crippen molar-refractivity contribution in [2.75, 3.05) is 25.9 Å². The zero-order chi connectivity index (χ0) is 16.0. The van der Waals surface area contributed by atoms with E-state index >= 15 is 0 Å². The topological polar surface area (TPSA) is 53.8 Å². The van der Waals surface area contributed by atoms with E-state index in [0.717, 1.165) is 42.7 Å². The van der Waals surface area contributed by atoms with Gasteiger partial charge in [-0.2, -0.15) is 0 Å². The van der Waals surface area contributed by atoms with E-state index in [0.29, 0.717) is 19.0 Å². The predicted octanol–water partition coefficient (Wildman–Crippen LogP) is 2.29. The van der Waals surface area contributed by atoms with E-state index in [2.05, 4.69) is 17.0 Å². The van der Waals surface area contributed by atoms with Crippen molar-refractivity contribution in [3.05, 3.63) is 36.1 Å². The maximum absolute atomic E-state index is 11.9. The van der Waals surface area contributed by atoms with Crippen LogP contribution < -0.4 is 0 Å². The summed E-state index contributed by atoms with van der Waals surface area (Å²) in [4.78, 5) is 2.40. The highest BCUT2D eigenvalue weighted by molar-refractivity contribution is 7.88. The molecule has 23 heavy (non-hydrogen) atoms. The molecular weight excluding hydrogens is 312 g/mol. The molecule has 0 spiro atoms. The second-order valence-electron chi connectivity index (χ2n) is 6.86. The fourth-order valence-electron chi connectivity index (χ4n) is 3.92. The normalized spacial score (nSPS) is 26.7. The summed E-state index contributed by atoms with van der Waals surface area (Å²) in [5.74, 6) is 1.39. The van der Waals surface area contributed by atoms with E-state index in [1.807, 2.05) is 18.2 Å². The fourth-order valence-corrected chi connectivity index (χ4v) is 4.84. The van der Waals surface area contributed by atoms with Gasteiger partial charge in [0.05, 0.1) is 12.8 Å². The van der Waals surface area contributed by atoms with Crippen LogP contribution in [0.3, 0.4) is 0 Å². The average Bonchev–Trinajstić information content (AvgIpc) is 2.66. The Balaban J connectivity index is 1.55. The summed E-state index contributed by atoms with van der Waals surface area (Å²) in [7, 11) is -3.11. The van der Waals surface area contributed by atoms with Crippen LogP contribution in [0.15, 0.2) is 34.7 Å². The first-order valence-electron chi connectivity index (χ1n) is 8.16. The van der Waals surface area contributed by atoms with Crippen LogP contribution in [-0.4, -0.2) is 49.6 Å². The summed E-state index contributed by atoms with van der Waals surface area (Å²) in [5.41, 5.74) is 0.917. The Kier molecular flexibility index (Phi) is 3.70. The van der Waals surface area contributed by atoms with Crippen molar-refractivity contribution in [1.82, 2.24) is 9.21 Å². The van der Waals surface area contributed by atoms with E-state index in [1.165, 1.54) is 6.26 Å². The number of benzene rings is 1. The lowest BCUT2D eigenvalue weighted by Gasteiger charge is -2.35. The lowest BCUT2D eigenvalue weighted by molar-refractivity contribution is 0.117. The molecule has 1 aromatic heterocycles. The number of para-hydroxylation sites is 1. The molecule has 3 aliphatic rings. The monoisotopic (exact) mass is 334 g/mol. The Morgan fingerprint density at radius 1 is 1.17 bits per heavy atom. The number of hydrogen-bond donors (Lipinski definition) is 0. The van der Waals surface area contributed by atoms with Crippen molar-refractivity contribution in [2.45, 2.75) is 25.4 Å². The molecule has 0 unspecified atom stereocenters. The number of rotatable bonds is 3. The third kappa shape index (κ3) is 3.03. The summed E-state index contributed by atoms with van der Waals surface area (Å²) in [5, 5.41) is 1.13. The molecule has 5 rings (SSSR count). The molecule has 5 nitrogen and oxygen atoms in total. The fraction of sp³-hybridized carbons (Fsp3) is 0.529. The van der Waals surface area contributed by atoms with Crippen LogP contribution in [0.2, 0.25) is 0 Å². The Morgan fingerprint density at radius 2 is 2.00 bits per heavy atom. The Labute approximate surface area is 136 Å². The second kappa shape index (κ2) is 5.61. The quantitative estimate of drug-likeness (QED) is 0.864. The zero-order valence-corrected chi connectivity index (χ0v) is 14.1. The van der Waals surface area contributed by atoms with E-state index in [9.17, 15) is 8.42 Å². The molecule has 2 bridgehead atoms. The molecule has 2 aromatic rings. The van der Waals surface area contributed by atoms with Crippen molar-refractivity contribution in [3.63, 3.8) is 0 Å². The molecular formula is C17H22N2O3S. The third-order valence-corrected chi connectivity index (χ3v) is 6.33. The van der Waals surface area contributed by atoms with Gasteiger partial charge in [-0.25, -0.2) is 12.7 Å². The largest absolute Gasteiger partial charge is 0.460 e. The molecule has 0 N–H and O–H groups in total. The maximum Gasteiger partial charge on any atom is 0.211 e. The van der Waals surface area contributed by atoms with E-state index in [-0.39, 0.29) is 6.04 Å². The number of piperidine rings is 1. The summed E-state index contributed by atoms with van der Waals surface area (Å²) in [6, 6.07) is 10.4. The molecule has 3 fully saturated rings. The SMILES string of the molecule is CS(=O)(=O)N1C[C@H]2CC[C@@H](C1)N(Cc1cc3ccccc3o1)C2. The minimum absolute atomic E-state index is 0.289. The van der Waals surface area contributed by atoms with Crippen LogP contribution in [0.1, 0.15) is 18.6 Å². The first kappa shape index (κ1) is 15.2. The second-order valence-corrected chi connectivity index (χ2v) is 8.84. The smallest absolute Gasteiger partial charge is 0.211 e. The molecule has 124 valence electrons. The minimum Gasteiger partial charge on any atom is -0.460 e. The van der Waals surface area contributed by atoms with Gasteiger partial charge in [-0.15, -0.1) is 0 Å². The molecule has 0 amide bonds. The van der Waals surface area contributed by atoms with Gasteiger partial charge in [-0.05, 0) is 30.9 Å². The van der Waals surface area contributed by atoms with Crippen LogP contribution in [0.25, 0.3) is 11.0 Å². The predicted molar refractivity (Wildman–Crippen MR) is 89.6 cm³/mol. The van der Waals surface area contributed by atoms with Crippen LogP contribution in [0.4, 0.5) is 0 Å². The average molecular weight is 334 g/mol. The Hall–Kier alpha value is -1.37. The highest BCUT2D eigenvalue weighted by Crippen LogP contribution is 2.31. The first-order valence-corrected chi connectivity index (χ1v) is 10.0. The zero-order valence-electron chi connectivity index (χ0n) is 13.3. The summed E-state index contributed by atoms with van der Waals surface area (Å²) in [6.07, 6.45) is 3.51. The molecule has 1 aromatic carbocycles.